The molecule has 0 amide bonds. The Labute approximate surface area is 176 Å². The lowest BCUT2D eigenvalue weighted by atomic mass is 10.2. The standard InChI is InChI=1S/C20H27Cl2N5O/c1-5-16-14(2)23-20-26(18-8-7-15(21)11-17(18)22)12-25(10-6-9-24(3)4)13-27(20)19(16)28/h7-8,11H,5-6,9-10,12-13H2,1-4H3. The molecular formula is C20H27Cl2N5O. The molecule has 2 heterocycles. The van der Waals surface area contributed by atoms with Crippen molar-refractivity contribution in [1.82, 2.24) is 19.4 Å². The molecule has 8 heteroatoms. The second-order valence-corrected chi connectivity index (χ2v) is 8.26. The van der Waals surface area contributed by atoms with Crippen LogP contribution in [0.4, 0.5) is 11.6 Å². The van der Waals surface area contributed by atoms with E-state index in [1.807, 2.05) is 30.9 Å². The molecule has 1 aromatic carbocycles. The van der Waals surface area contributed by atoms with Gasteiger partial charge in [-0.1, -0.05) is 30.1 Å². The molecule has 0 bridgehead atoms. The van der Waals surface area contributed by atoms with Gasteiger partial charge in [-0.05, 0) is 58.6 Å². The highest BCUT2D eigenvalue weighted by Crippen LogP contribution is 2.34. The number of halogens is 2. The van der Waals surface area contributed by atoms with Crippen LogP contribution in [0.1, 0.15) is 24.6 Å². The van der Waals surface area contributed by atoms with E-state index >= 15 is 0 Å². The third-order valence-electron chi connectivity index (χ3n) is 5.01. The van der Waals surface area contributed by atoms with Crippen LogP contribution in [-0.4, -0.2) is 53.2 Å². The van der Waals surface area contributed by atoms with Crippen LogP contribution in [0.3, 0.4) is 0 Å². The molecule has 152 valence electrons. The molecule has 0 fully saturated rings. The van der Waals surface area contributed by atoms with Crippen molar-refractivity contribution < 1.29 is 0 Å². The molecule has 0 atom stereocenters. The fraction of sp³-hybridized carbons (Fsp3) is 0.500. The van der Waals surface area contributed by atoms with Crippen molar-refractivity contribution in [2.45, 2.75) is 33.4 Å². The quantitative estimate of drug-likeness (QED) is 0.707. The molecule has 1 aliphatic rings. The summed E-state index contributed by atoms with van der Waals surface area (Å²) in [6.45, 7) is 6.90. The normalized spacial score (nSPS) is 14.6. The first kappa shape index (κ1) is 21.1. The van der Waals surface area contributed by atoms with Gasteiger partial charge in [0.05, 0.1) is 24.0 Å². The van der Waals surface area contributed by atoms with Gasteiger partial charge in [-0.2, -0.15) is 0 Å². The molecule has 28 heavy (non-hydrogen) atoms. The highest BCUT2D eigenvalue weighted by atomic mass is 35.5. The number of fused-ring (bicyclic) bond motifs is 1. The van der Waals surface area contributed by atoms with Crippen molar-refractivity contribution in [3.8, 4) is 0 Å². The first-order chi connectivity index (χ1) is 13.3. The highest BCUT2D eigenvalue weighted by Gasteiger charge is 2.28. The van der Waals surface area contributed by atoms with Crippen molar-refractivity contribution in [3.05, 3.63) is 49.9 Å². The lowest BCUT2D eigenvalue weighted by Gasteiger charge is -2.39. The van der Waals surface area contributed by atoms with Gasteiger partial charge in [0, 0.05) is 22.8 Å². The first-order valence-electron chi connectivity index (χ1n) is 9.51. The summed E-state index contributed by atoms with van der Waals surface area (Å²) in [4.78, 5) is 24.3. The third kappa shape index (κ3) is 4.35. The highest BCUT2D eigenvalue weighted by molar-refractivity contribution is 6.36. The maximum absolute atomic E-state index is 13.1. The summed E-state index contributed by atoms with van der Waals surface area (Å²) in [5.74, 6) is 0.632. The van der Waals surface area contributed by atoms with E-state index in [1.165, 1.54) is 0 Å². The van der Waals surface area contributed by atoms with Gasteiger partial charge in [-0.25, -0.2) is 4.98 Å². The van der Waals surface area contributed by atoms with Crippen LogP contribution < -0.4 is 10.5 Å². The zero-order chi connectivity index (χ0) is 20.4. The van der Waals surface area contributed by atoms with E-state index in [2.05, 4.69) is 23.9 Å². The molecular weight excluding hydrogens is 397 g/mol. The van der Waals surface area contributed by atoms with Crippen molar-refractivity contribution >= 4 is 34.8 Å². The van der Waals surface area contributed by atoms with Crippen LogP contribution in [0, 0.1) is 6.92 Å². The molecule has 6 nitrogen and oxygen atoms in total. The predicted molar refractivity (Wildman–Crippen MR) is 116 cm³/mol. The smallest absolute Gasteiger partial charge is 0.259 e. The maximum Gasteiger partial charge on any atom is 0.259 e. The minimum absolute atomic E-state index is 0.0254. The molecule has 1 aromatic heterocycles. The average molecular weight is 424 g/mol. The Morgan fingerprint density at radius 2 is 1.96 bits per heavy atom. The van der Waals surface area contributed by atoms with E-state index in [0.29, 0.717) is 35.8 Å². The fourth-order valence-electron chi connectivity index (χ4n) is 3.57. The second kappa shape index (κ2) is 8.82. The molecule has 0 spiro atoms. The van der Waals surface area contributed by atoms with Crippen molar-refractivity contribution in [1.29, 1.82) is 0 Å². The van der Waals surface area contributed by atoms with Crippen LogP contribution in [0.2, 0.25) is 10.0 Å². The van der Waals surface area contributed by atoms with Crippen LogP contribution in [0.15, 0.2) is 23.0 Å². The van der Waals surface area contributed by atoms with Gasteiger partial charge in [0.15, 0.2) is 0 Å². The molecule has 0 saturated carbocycles. The minimum atomic E-state index is 0.0254. The number of hydrogen-bond donors (Lipinski definition) is 0. The van der Waals surface area contributed by atoms with E-state index < -0.39 is 0 Å². The molecule has 0 unspecified atom stereocenters. The Kier molecular flexibility index (Phi) is 6.65. The average Bonchev–Trinajstić information content (AvgIpc) is 2.62. The SMILES string of the molecule is CCc1c(C)nc2n(c1=O)CN(CCCN(C)C)CN2c1ccc(Cl)cc1Cl. The van der Waals surface area contributed by atoms with Crippen LogP contribution in [-0.2, 0) is 13.1 Å². The number of anilines is 2. The summed E-state index contributed by atoms with van der Waals surface area (Å²) in [6, 6.07) is 5.41. The van der Waals surface area contributed by atoms with Gasteiger partial charge in [0.25, 0.3) is 5.56 Å². The zero-order valence-electron chi connectivity index (χ0n) is 16.9. The Balaban J connectivity index is 2.04. The lowest BCUT2D eigenvalue weighted by molar-refractivity contribution is 0.189. The van der Waals surface area contributed by atoms with Gasteiger partial charge in [-0.15, -0.1) is 0 Å². The largest absolute Gasteiger partial charge is 0.309 e. The number of rotatable bonds is 6. The van der Waals surface area contributed by atoms with E-state index in [1.54, 1.807) is 10.6 Å². The number of hydrogen-bond acceptors (Lipinski definition) is 5. The van der Waals surface area contributed by atoms with Crippen molar-refractivity contribution in [3.63, 3.8) is 0 Å². The van der Waals surface area contributed by atoms with E-state index in [-0.39, 0.29) is 5.56 Å². The second-order valence-electron chi connectivity index (χ2n) is 7.42. The molecule has 1 aliphatic heterocycles. The molecule has 2 aromatic rings. The summed E-state index contributed by atoms with van der Waals surface area (Å²) < 4.78 is 1.76. The van der Waals surface area contributed by atoms with Crippen LogP contribution in [0.25, 0.3) is 0 Å². The van der Waals surface area contributed by atoms with E-state index in [9.17, 15) is 4.79 Å². The predicted octanol–water partition coefficient (Wildman–Crippen LogP) is 3.74. The minimum Gasteiger partial charge on any atom is -0.309 e. The number of nitrogens with zero attached hydrogens (tertiary/aromatic N) is 5. The Bertz CT molecular complexity index is 912. The lowest BCUT2D eigenvalue weighted by Crippen LogP contribution is -2.48. The summed E-state index contributed by atoms with van der Waals surface area (Å²) in [7, 11) is 4.13. The van der Waals surface area contributed by atoms with Crippen molar-refractivity contribution in [2.24, 2.45) is 0 Å². The van der Waals surface area contributed by atoms with Gasteiger partial charge >= 0.3 is 0 Å². The summed E-state index contributed by atoms with van der Waals surface area (Å²) in [6.07, 6.45) is 1.68. The van der Waals surface area contributed by atoms with Gasteiger partial charge in [-0.3, -0.25) is 19.2 Å². The first-order valence-corrected chi connectivity index (χ1v) is 10.3. The van der Waals surface area contributed by atoms with Crippen LogP contribution in [0.5, 0.6) is 0 Å². The number of aromatic nitrogens is 2. The fourth-order valence-corrected chi connectivity index (χ4v) is 4.08. The van der Waals surface area contributed by atoms with Crippen molar-refractivity contribution in [2.75, 3.05) is 38.8 Å². The summed E-state index contributed by atoms with van der Waals surface area (Å²) >= 11 is 12.6. The third-order valence-corrected chi connectivity index (χ3v) is 5.55. The number of benzene rings is 1. The van der Waals surface area contributed by atoms with Gasteiger partial charge in [0.2, 0.25) is 5.95 Å². The molecule has 3 rings (SSSR count). The van der Waals surface area contributed by atoms with Gasteiger partial charge < -0.3 is 4.90 Å². The van der Waals surface area contributed by atoms with Gasteiger partial charge in [0.1, 0.15) is 0 Å². The molecule has 0 aliphatic carbocycles. The van der Waals surface area contributed by atoms with E-state index in [0.717, 1.165) is 36.5 Å². The molecule has 0 saturated heterocycles. The Morgan fingerprint density at radius 3 is 2.61 bits per heavy atom. The summed E-state index contributed by atoms with van der Waals surface area (Å²) in [5.41, 5.74) is 2.36. The molecule has 0 N–H and O–H groups in total. The summed E-state index contributed by atoms with van der Waals surface area (Å²) in [5, 5.41) is 1.12. The van der Waals surface area contributed by atoms with E-state index in [4.69, 9.17) is 28.2 Å². The monoisotopic (exact) mass is 423 g/mol. The molecule has 0 radical (unpaired) electrons. The maximum atomic E-state index is 13.1. The van der Waals surface area contributed by atoms with Crippen LogP contribution >= 0.6 is 23.2 Å². The zero-order valence-corrected chi connectivity index (χ0v) is 18.4. The Morgan fingerprint density at radius 1 is 1.21 bits per heavy atom. The topological polar surface area (TPSA) is 44.6 Å². The number of aryl methyl sites for hydroxylation is 1. The Hall–Kier alpha value is -1.60.